The van der Waals surface area contributed by atoms with Gasteiger partial charge in [-0.25, -0.2) is 9.97 Å². The van der Waals surface area contributed by atoms with Crippen molar-refractivity contribution in [1.29, 1.82) is 0 Å². The number of fused-ring (bicyclic) bond motifs is 2. The number of benzene rings is 2. The van der Waals surface area contributed by atoms with Gasteiger partial charge in [0, 0.05) is 30.9 Å². The van der Waals surface area contributed by atoms with Crippen molar-refractivity contribution in [2.24, 2.45) is 11.8 Å². The molecule has 1 aliphatic carbocycles. The quantitative estimate of drug-likeness (QED) is 0.384. The lowest BCUT2D eigenvalue weighted by Crippen LogP contribution is -2.17. The molecule has 6 nitrogen and oxygen atoms in total. The van der Waals surface area contributed by atoms with Crippen molar-refractivity contribution in [1.82, 2.24) is 19.4 Å². The molecule has 0 bridgehead atoms. The van der Waals surface area contributed by atoms with E-state index in [9.17, 15) is 0 Å². The summed E-state index contributed by atoms with van der Waals surface area (Å²) in [4.78, 5) is 11.4. The number of hydrogen-bond acceptors (Lipinski definition) is 5. The molecule has 1 saturated carbocycles. The molecule has 1 saturated heterocycles. The maximum Gasteiger partial charge on any atom is 0.146 e. The number of nitrogens with two attached hydrogens (primary N) is 1. The third-order valence-corrected chi connectivity index (χ3v) is 7.08. The number of rotatable bonds is 4. The number of halogens is 2. The maximum atomic E-state index is 6.35. The monoisotopic (exact) mass is 497 g/mol. The highest BCUT2D eigenvalue weighted by molar-refractivity contribution is 6.00. The zero-order valence-electron chi connectivity index (χ0n) is 19.0. The molecule has 4 aromatic rings. The molecule has 2 unspecified atom stereocenters. The Morgan fingerprint density at radius 2 is 1.53 bits per heavy atom. The van der Waals surface area contributed by atoms with Crippen molar-refractivity contribution in [2.45, 2.75) is 18.9 Å². The van der Waals surface area contributed by atoms with Gasteiger partial charge in [-0.15, -0.1) is 24.8 Å². The van der Waals surface area contributed by atoms with E-state index in [0.29, 0.717) is 11.9 Å². The Balaban J connectivity index is 0.00000137. The Morgan fingerprint density at radius 1 is 0.882 bits per heavy atom. The zero-order chi connectivity index (χ0) is 21.7. The van der Waals surface area contributed by atoms with Gasteiger partial charge in [-0.05, 0) is 61.6 Å². The van der Waals surface area contributed by atoms with Gasteiger partial charge in [-0.3, -0.25) is 0 Å². The minimum Gasteiger partial charge on any atom is -0.457 e. The number of para-hydroxylation sites is 1. The molecule has 0 radical (unpaired) electrons. The normalized spacial score (nSPS) is 21.6. The lowest BCUT2D eigenvalue weighted by atomic mass is 10.0. The molecule has 34 heavy (non-hydrogen) atoms. The number of nitrogens with zero attached hydrogens (tertiary/aromatic N) is 4. The standard InChI is InChI=1S/C26H27N5O.2ClH/c1-30-13-18-11-20(12-19(18)14-30)31-15-23(24-25(27)28-16-29-26(24)31)17-7-9-22(10-8-17)32-21-5-3-2-4-6-21;;/h2-10,15-16,18-20H,11-14H2,1H3,(H2,27,28,29);2*1H. The Morgan fingerprint density at radius 3 is 2.21 bits per heavy atom. The summed E-state index contributed by atoms with van der Waals surface area (Å²) in [6.07, 6.45) is 6.22. The number of aromatic nitrogens is 3. The molecule has 6 rings (SSSR count). The van der Waals surface area contributed by atoms with Gasteiger partial charge in [0.2, 0.25) is 0 Å². The topological polar surface area (TPSA) is 69.2 Å². The Kier molecular flexibility index (Phi) is 7.03. The van der Waals surface area contributed by atoms with E-state index in [2.05, 4.69) is 44.8 Å². The van der Waals surface area contributed by atoms with Crippen LogP contribution in [0.2, 0.25) is 0 Å². The summed E-state index contributed by atoms with van der Waals surface area (Å²) in [5, 5.41) is 0.943. The van der Waals surface area contributed by atoms with Gasteiger partial charge in [-0.1, -0.05) is 30.3 Å². The molecule has 2 aromatic heterocycles. The van der Waals surface area contributed by atoms with Crippen LogP contribution in [0.1, 0.15) is 18.9 Å². The first-order valence-electron chi connectivity index (χ1n) is 11.3. The predicted molar refractivity (Wildman–Crippen MR) is 141 cm³/mol. The molecule has 2 aliphatic rings. The first-order chi connectivity index (χ1) is 15.7. The number of hydrogen-bond donors (Lipinski definition) is 1. The molecule has 3 heterocycles. The van der Waals surface area contributed by atoms with E-state index in [1.807, 2.05) is 42.5 Å². The molecule has 2 fully saturated rings. The second-order valence-electron chi connectivity index (χ2n) is 9.21. The van der Waals surface area contributed by atoms with E-state index in [1.54, 1.807) is 6.33 Å². The number of likely N-dealkylation sites (tertiary alicyclic amines) is 1. The van der Waals surface area contributed by atoms with E-state index in [1.165, 1.54) is 25.9 Å². The summed E-state index contributed by atoms with van der Waals surface area (Å²) in [5.74, 6) is 3.72. The van der Waals surface area contributed by atoms with Gasteiger partial charge in [0.25, 0.3) is 0 Å². The summed E-state index contributed by atoms with van der Waals surface area (Å²) in [5.41, 5.74) is 9.47. The van der Waals surface area contributed by atoms with E-state index < -0.39 is 0 Å². The van der Waals surface area contributed by atoms with Crippen LogP contribution >= 0.6 is 24.8 Å². The van der Waals surface area contributed by atoms with E-state index in [0.717, 1.165) is 45.5 Å². The summed E-state index contributed by atoms with van der Waals surface area (Å²) >= 11 is 0. The van der Waals surface area contributed by atoms with Crippen LogP contribution in [0, 0.1) is 11.8 Å². The molecule has 178 valence electrons. The van der Waals surface area contributed by atoms with Crippen LogP contribution in [-0.4, -0.2) is 39.6 Å². The van der Waals surface area contributed by atoms with Gasteiger partial charge in [0.15, 0.2) is 0 Å². The van der Waals surface area contributed by atoms with Gasteiger partial charge in [0.1, 0.15) is 29.3 Å². The van der Waals surface area contributed by atoms with Crippen molar-refractivity contribution in [3.63, 3.8) is 0 Å². The van der Waals surface area contributed by atoms with Crippen LogP contribution in [0.3, 0.4) is 0 Å². The van der Waals surface area contributed by atoms with Crippen molar-refractivity contribution >= 4 is 41.7 Å². The molecule has 2 N–H and O–H groups in total. The average Bonchev–Trinajstić information content (AvgIpc) is 3.46. The minimum absolute atomic E-state index is 0. The SMILES string of the molecule is CN1CC2CC(n3cc(-c4ccc(Oc5ccccc5)cc4)c4c(N)ncnc43)CC2C1.Cl.Cl. The fourth-order valence-corrected chi connectivity index (χ4v) is 5.66. The summed E-state index contributed by atoms with van der Waals surface area (Å²) in [6.45, 7) is 2.40. The third-order valence-electron chi connectivity index (χ3n) is 7.08. The van der Waals surface area contributed by atoms with Gasteiger partial charge in [-0.2, -0.15) is 0 Å². The van der Waals surface area contributed by atoms with Crippen LogP contribution in [0.4, 0.5) is 5.82 Å². The second-order valence-corrected chi connectivity index (χ2v) is 9.21. The zero-order valence-corrected chi connectivity index (χ0v) is 20.6. The van der Waals surface area contributed by atoms with Crippen LogP contribution in [0.15, 0.2) is 67.1 Å². The molecule has 2 atom stereocenters. The van der Waals surface area contributed by atoms with Crippen LogP contribution in [0.25, 0.3) is 22.2 Å². The highest BCUT2D eigenvalue weighted by atomic mass is 35.5. The molecule has 1 aliphatic heterocycles. The van der Waals surface area contributed by atoms with Crippen LogP contribution in [-0.2, 0) is 0 Å². The molecule has 8 heteroatoms. The summed E-state index contributed by atoms with van der Waals surface area (Å²) in [6, 6.07) is 18.5. The molecule has 2 aromatic carbocycles. The predicted octanol–water partition coefficient (Wildman–Crippen LogP) is 5.83. The molecular formula is C26H29Cl2N5O. The lowest BCUT2D eigenvalue weighted by Gasteiger charge is -2.17. The highest BCUT2D eigenvalue weighted by Gasteiger charge is 2.40. The van der Waals surface area contributed by atoms with Crippen molar-refractivity contribution in [2.75, 3.05) is 25.9 Å². The number of anilines is 1. The Bertz CT molecular complexity index is 1250. The van der Waals surface area contributed by atoms with Gasteiger partial charge in [0.05, 0.1) is 5.39 Å². The van der Waals surface area contributed by atoms with Gasteiger partial charge >= 0.3 is 0 Å². The van der Waals surface area contributed by atoms with E-state index in [4.69, 9.17) is 10.5 Å². The maximum absolute atomic E-state index is 6.35. The summed E-state index contributed by atoms with van der Waals surface area (Å²) in [7, 11) is 2.23. The average molecular weight is 498 g/mol. The summed E-state index contributed by atoms with van der Waals surface area (Å²) < 4.78 is 8.32. The fourth-order valence-electron chi connectivity index (χ4n) is 5.66. The van der Waals surface area contributed by atoms with E-state index in [-0.39, 0.29) is 24.8 Å². The smallest absolute Gasteiger partial charge is 0.146 e. The number of nitrogen functional groups attached to an aromatic ring is 1. The Labute approximate surface area is 212 Å². The lowest BCUT2D eigenvalue weighted by molar-refractivity contribution is 0.354. The fraction of sp³-hybridized carbons (Fsp3) is 0.308. The van der Waals surface area contributed by atoms with Crippen molar-refractivity contribution in [3.8, 4) is 22.6 Å². The largest absolute Gasteiger partial charge is 0.457 e. The van der Waals surface area contributed by atoms with Crippen molar-refractivity contribution in [3.05, 3.63) is 67.1 Å². The van der Waals surface area contributed by atoms with E-state index >= 15 is 0 Å². The van der Waals surface area contributed by atoms with Gasteiger partial charge < -0.3 is 19.9 Å². The Hall–Kier alpha value is -2.80. The first kappa shape index (κ1) is 24.3. The third kappa shape index (κ3) is 4.33. The van der Waals surface area contributed by atoms with Crippen molar-refractivity contribution < 1.29 is 4.74 Å². The highest BCUT2D eigenvalue weighted by Crippen LogP contribution is 2.46. The van der Waals surface area contributed by atoms with Crippen LogP contribution < -0.4 is 10.5 Å². The number of ether oxygens (including phenoxy) is 1. The van der Waals surface area contributed by atoms with Crippen LogP contribution in [0.5, 0.6) is 11.5 Å². The molecule has 0 amide bonds. The second kappa shape index (κ2) is 9.82. The molecule has 0 spiro atoms. The minimum atomic E-state index is 0. The molecular weight excluding hydrogens is 469 g/mol. The first-order valence-corrected chi connectivity index (χ1v) is 11.3.